The normalized spacial score (nSPS) is 19.4. The van der Waals surface area contributed by atoms with Crippen LogP contribution in [0.5, 0.6) is 0 Å². The Morgan fingerprint density at radius 1 is 1.57 bits per heavy atom. The van der Waals surface area contributed by atoms with Crippen LogP contribution in [0, 0.1) is 5.82 Å². The van der Waals surface area contributed by atoms with Crippen molar-refractivity contribution in [2.24, 2.45) is 0 Å². The zero-order valence-electron chi connectivity index (χ0n) is 13.5. The summed E-state index contributed by atoms with van der Waals surface area (Å²) in [5.74, 6) is -0.235. The van der Waals surface area contributed by atoms with E-state index >= 15 is 0 Å². The average Bonchev–Trinajstić information content (AvgIpc) is 2.51. The standard InChI is InChI=1S/C17H25FN2O3/c1-13(21)10-16-12-23-9-8-20(16)17(22)19-7-3-5-14-4-2-6-15(18)11-14/h2,4,6,11,13,16,21H,3,5,7-10,12H2,1H3,(H,19,22)/t13-,16+/m0/s1. The van der Waals surface area contributed by atoms with Gasteiger partial charge < -0.3 is 20.1 Å². The molecule has 2 amide bonds. The molecule has 1 aromatic carbocycles. The van der Waals surface area contributed by atoms with Crippen LogP contribution < -0.4 is 5.32 Å². The summed E-state index contributed by atoms with van der Waals surface area (Å²) < 4.78 is 18.5. The summed E-state index contributed by atoms with van der Waals surface area (Å²) in [5, 5.41) is 12.4. The molecule has 2 rings (SSSR count). The van der Waals surface area contributed by atoms with E-state index in [0.29, 0.717) is 32.7 Å². The van der Waals surface area contributed by atoms with Crippen molar-refractivity contribution in [3.05, 3.63) is 35.6 Å². The molecule has 128 valence electrons. The molecule has 0 radical (unpaired) electrons. The average molecular weight is 324 g/mol. The molecule has 0 saturated carbocycles. The molecule has 0 aromatic heterocycles. The number of amides is 2. The maximum Gasteiger partial charge on any atom is 0.317 e. The Kier molecular flexibility index (Phi) is 6.80. The summed E-state index contributed by atoms with van der Waals surface area (Å²) in [5.41, 5.74) is 0.928. The van der Waals surface area contributed by atoms with Crippen molar-refractivity contribution in [3.8, 4) is 0 Å². The first kappa shape index (κ1) is 17.7. The van der Waals surface area contributed by atoms with E-state index in [1.807, 2.05) is 6.07 Å². The highest BCUT2D eigenvalue weighted by Crippen LogP contribution is 2.13. The Bertz CT molecular complexity index is 510. The van der Waals surface area contributed by atoms with Gasteiger partial charge in [0.2, 0.25) is 0 Å². The Hall–Kier alpha value is -1.66. The third kappa shape index (κ3) is 5.80. The van der Waals surface area contributed by atoms with E-state index in [0.717, 1.165) is 18.4 Å². The minimum Gasteiger partial charge on any atom is -0.393 e. The number of benzene rings is 1. The lowest BCUT2D eigenvalue weighted by molar-refractivity contribution is -0.00428. The number of rotatable bonds is 6. The van der Waals surface area contributed by atoms with E-state index in [9.17, 15) is 14.3 Å². The molecule has 1 heterocycles. The Labute approximate surface area is 136 Å². The van der Waals surface area contributed by atoms with Crippen LogP contribution in [-0.2, 0) is 11.2 Å². The van der Waals surface area contributed by atoms with Gasteiger partial charge in [0.15, 0.2) is 0 Å². The number of urea groups is 1. The van der Waals surface area contributed by atoms with Gasteiger partial charge in [0.25, 0.3) is 0 Å². The van der Waals surface area contributed by atoms with Crippen molar-refractivity contribution >= 4 is 6.03 Å². The molecular formula is C17H25FN2O3. The highest BCUT2D eigenvalue weighted by molar-refractivity contribution is 5.74. The second-order valence-electron chi connectivity index (χ2n) is 5.97. The summed E-state index contributed by atoms with van der Waals surface area (Å²) in [6.07, 6.45) is 1.51. The Morgan fingerprint density at radius 2 is 2.39 bits per heavy atom. The Morgan fingerprint density at radius 3 is 3.13 bits per heavy atom. The number of ether oxygens (including phenoxy) is 1. The largest absolute Gasteiger partial charge is 0.393 e. The number of carbonyl (C=O) groups is 1. The number of carbonyl (C=O) groups excluding carboxylic acids is 1. The smallest absolute Gasteiger partial charge is 0.317 e. The molecule has 5 nitrogen and oxygen atoms in total. The highest BCUT2D eigenvalue weighted by atomic mass is 19.1. The number of hydrogen-bond acceptors (Lipinski definition) is 3. The fourth-order valence-corrected chi connectivity index (χ4v) is 2.79. The number of aryl methyl sites for hydroxylation is 1. The fraction of sp³-hybridized carbons (Fsp3) is 0.588. The zero-order valence-corrected chi connectivity index (χ0v) is 13.5. The number of nitrogens with one attached hydrogen (secondary N) is 1. The molecule has 23 heavy (non-hydrogen) atoms. The van der Waals surface area contributed by atoms with Crippen LogP contribution in [-0.4, -0.2) is 54.5 Å². The molecule has 1 aliphatic heterocycles. The van der Waals surface area contributed by atoms with Gasteiger partial charge in [-0.25, -0.2) is 9.18 Å². The lowest BCUT2D eigenvalue weighted by Crippen LogP contribution is -2.53. The van der Waals surface area contributed by atoms with Gasteiger partial charge in [-0.1, -0.05) is 12.1 Å². The third-order valence-electron chi connectivity index (χ3n) is 3.91. The SMILES string of the molecule is C[C@H](O)C[C@@H]1COCCN1C(=O)NCCCc1cccc(F)c1. The van der Waals surface area contributed by atoms with Crippen molar-refractivity contribution in [2.75, 3.05) is 26.3 Å². The molecule has 0 bridgehead atoms. The first-order valence-electron chi connectivity index (χ1n) is 8.11. The minimum atomic E-state index is -0.468. The first-order chi connectivity index (χ1) is 11.1. The number of morpholine rings is 1. The molecule has 1 aromatic rings. The zero-order chi connectivity index (χ0) is 16.7. The predicted molar refractivity (Wildman–Crippen MR) is 85.7 cm³/mol. The van der Waals surface area contributed by atoms with E-state index in [4.69, 9.17) is 4.74 Å². The highest BCUT2D eigenvalue weighted by Gasteiger charge is 2.27. The summed E-state index contributed by atoms with van der Waals surface area (Å²) in [6.45, 7) is 3.76. The summed E-state index contributed by atoms with van der Waals surface area (Å²) >= 11 is 0. The van der Waals surface area contributed by atoms with Gasteiger partial charge in [-0.15, -0.1) is 0 Å². The molecule has 0 unspecified atom stereocenters. The van der Waals surface area contributed by atoms with Crippen LogP contribution >= 0.6 is 0 Å². The van der Waals surface area contributed by atoms with Crippen LogP contribution in [0.15, 0.2) is 24.3 Å². The van der Waals surface area contributed by atoms with Crippen molar-refractivity contribution in [2.45, 2.75) is 38.3 Å². The number of aliphatic hydroxyl groups is 1. The molecule has 6 heteroatoms. The van der Waals surface area contributed by atoms with Gasteiger partial charge >= 0.3 is 6.03 Å². The van der Waals surface area contributed by atoms with Crippen molar-refractivity contribution < 1.29 is 19.0 Å². The van der Waals surface area contributed by atoms with E-state index in [-0.39, 0.29) is 17.9 Å². The van der Waals surface area contributed by atoms with E-state index in [1.165, 1.54) is 12.1 Å². The van der Waals surface area contributed by atoms with Gasteiger partial charge in [0.05, 0.1) is 25.4 Å². The van der Waals surface area contributed by atoms with Crippen LogP contribution in [0.2, 0.25) is 0 Å². The van der Waals surface area contributed by atoms with E-state index in [1.54, 1.807) is 17.9 Å². The molecule has 0 aliphatic carbocycles. The quantitative estimate of drug-likeness (QED) is 0.786. The lowest BCUT2D eigenvalue weighted by atomic mass is 10.1. The van der Waals surface area contributed by atoms with Crippen molar-refractivity contribution in [3.63, 3.8) is 0 Å². The maximum absolute atomic E-state index is 13.1. The summed E-state index contributed by atoms with van der Waals surface area (Å²) in [6, 6.07) is 6.29. The van der Waals surface area contributed by atoms with Gasteiger partial charge in [-0.2, -0.15) is 0 Å². The molecule has 0 spiro atoms. The van der Waals surface area contributed by atoms with Crippen LogP contribution in [0.1, 0.15) is 25.3 Å². The number of hydrogen-bond donors (Lipinski definition) is 2. The second-order valence-corrected chi connectivity index (χ2v) is 5.97. The maximum atomic E-state index is 13.1. The minimum absolute atomic E-state index is 0.0908. The van der Waals surface area contributed by atoms with Gasteiger partial charge in [-0.05, 0) is 43.9 Å². The summed E-state index contributed by atoms with van der Waals surface area (Å²) in [4.78, 5) is 14.0. The molecule has 2 atom stereocenters. The monoisotopic (exact) mass is 324 g/mol. The Balaban J connectivity index is 1.74. The molecule has 1 aliphatic rings. The van der Waals surface area contributed by atoms with Gasteiger partial charge in [-0.3, -0.25) is 0 Å². The topological polar surface area (TPSA) is 61.8 Å². The number of nitrogens with zero attached hydrogens (tertiary/aromatic N) is 1. The van der Waals surface area contributed by atoms with E-state index in [2.05, 4.69) is 5.32 Å². The number of halogens is 1. The third-order valence-corrected chi connectivity index (χ3v) is 3.91. The van der Waals surface area contributed by atoms with Crippen LogP contribution in [0.25, 0.3) is 0 Å². The van der Waals surface area contributed by atoms with Crippen molar-refractivity contribution in [1.29, 1.82) is 0 Å². The predicted octanol–water partition coefficient (Wildman–Crippen LogP) is 1.94. The molecule has 2 N–H and O–H groups in total. The van der Waals surface area contributed by atoms with E-state index < -0.39 is 6.10 Å². The lowest BCUT2D eigenvalue weighted by Gasteiger charge is -2.36. The summed E-state index contributed by atoms with van der Waals surface area (Å²) in [7, 11) is 0. The van der Waals surface area contributed by atoms with Gasteiger partial charge in [0.1, 0.15) is 5.82 Å². The molecular weight excluding hydrogens is 299 g/mol. The number of aliphatic hydroxyl groups excluding tert-OH is 1. The molecule has 1 saturated heterocycles. The second kappa shape index (κ2) is 8.84. The van der Waals surface area contributed by atoms with Gasteiger partial charge in [0, 0.05) is 13.1 Å². The van der Waals surface area contributed by atoms with Crippen LogP contribution in [0.3, 0.4) is 0 Å². The fourth-order valence-electron chi connectivity index (χ4n) is 2.79. The van der Waals surface area contributed by atoms with Crippen molar-refractivity contribution in [1.82, 2.24) is 10.2 Å². The first-order valence-corrected chi connectivity index (χ1v) is 8.11. The molecule has 1 fully saturated rings. The van der Waals surface area contributed by atoms with Crippen LogP contribution in [0.4, 0.5) is 9.18 Å².